The minimum absolute atomic E-state index is 0.130. The van der Waals surface area contributed by atoms with Crippen LogP contribution in [0.3, 0.4) is 0 Å². The Balaban J connectivity index is 1.29. The number of benzene rings is 1. The lowest BCUT2D eigenvalue weighted by Gasteiger charge is -2.36. The van der Waals surface area contributed by atoms with Gasteiger partial charge in [-0.1, -0.05) is 6.42 Å². The molecule has 0 spiro atoms. The number of unbranched alkanes of at least 4 members (excludes halogenated alkanes) is 2. The number of amides is 4. The summed E-state index contributed by atoms with van der Waals surface area (Å²) in [6.07, 6.45) is 4.67. The molecule has 32 heavy (non-hydrogen) atoms. The predicted octanol–water partition coefficient (Wildman–Crippen LogP) is 0.486. The highest BCUT2D eigenvalue weighted by atomic mass is 16.2. The number of anilines is 1. The van der Waals surface area contributed by atoms with Gasteiger partial charge in [-0.3, -0.25) is 29.4 Å². The third-order valence-electron chi connectivity index (χ3n) is 6.62. The van der Waals surface area contributed by atoms with Crippen molar-refractivity contribution in [1.29, 1.82) is 0 Å². The summed E-state index contributed by atoms with van der Waals surface area (Å²) in [4.78, 5) is 53.2. The van der Waals surface area contributed by atoms with Crippen molar-refractivity contribution >= 4 is 29.8 Å². The molecule has 172 valence electrons. The van der Waals surface area contributed by atoms with E-state index in [0.29, 0.717) is 18.5 Å². The van der Waals surface area contributed by atoms with E-state index < -0.39 is 6.04 Å². The molecule has 1 aromatic carbocycles. The van der Waals surface area contributed by atoms with E-state index in [-0.39, 0.29) is 24.1 Å². The first-order valence-electron chi connectivity index (χ1n) is 11.5. The molecule has 2 fully saturated rings. The van der Waals surface area contributed by atoms with Crippen molar-refractivity contribution in [2.45, 2.75) is 44.7 Å². The molecule has 1 unspecified atom stereocenters. The first-order valence-corrected chi connectivity index (χ1v) is 11.5. The van der Waals surface area contributed by atoms with Crippen LogP contribution in [0.5, 0.6) is 0 Å². The SMILES string of the molecule is O=CNCCCCCN1CCN(c2ccc3c(c2)CN(C2CCC(=O)NC2=O)C3=O)CC1. The summed E-state index contributed by atoms with van der Waals surface area (Å²) < 4.78 is 0. The van der Waals surface area contributed by atoms with Crippen molar-refractivity contribution in [3.05, 3.63) is 29.3 Å². The minimum atomic E-state index is -0.575. The molecule has 3 aliphatic heterocycles. The number of piperazine rings is 1. The second-order valence-electron chi connectivity index (χ2n) is 8.70. The van der Waals surface area contributed by atoms with Crippen LogP contribution in [0, 0.1) is 0 Å². The Hall–Kier alpha value is -2.94. The lowest BCUT2D eigenvalue weighted by Crippen LogP contribution is -2.52. The van der Waals surface area contributed by atoms with Gasteiger partial charge >= 0.3 is 0 Å². The average Bonchev–Trinajstić information content (AvgIpc) is 3.12. The van der Waals surface area contributed by atoms with Crippen molar-refractivity contribution in [3.63, 3.8) is 0 Å². The number of hydrogen-bond acceptors (Lipinski definition) is 6. The number of nitrogens with one attached hydrogen (secondary N) is 2. The molecule has 3 aliphatic rings. The van der Waals surface area contributed by atoms with E-state index >= 15 is 0 Å². The van der Waals surface area contributed by atoms with E-state index in [4.69, 9.17) is 0 Å². The fourth-order valence-corrected chi connectivity index (χ4v) is 4.79. The molecule has 0 aliphatic carbocycles. The van der Waals surface area contributed by atoms with Crippen molar-refractivity contribution in [2.75, 3.05) is 44.2 Å². The van der Waals surface area contributed by atoms with E-state index in [0.717, 1.165) is 76.2 Å². The largest absolute Gasteiger partial charge is 0.369 e. The summed E-state index contributed by atoms with van der Waals surface area (Å²) in [5.74, 6) is -0.778. The minimum Gasteiger partial charge on any atom is -0.369 e. The third kappa shape index (κ3) is 4.93. The summed E-state index contributed by atoms with van der Waals surface area (Å²) in [5, 5.41) is 5.04. The van der Waals surface area contributed by atoms with Gasteiger partial charge in [-0.05, 0) is 49.6 Å². The molecule has 9 nitrogen and oxygen atoms in total. The zero-order chi connectivity index (χ0) is 22.5. The normalized spacial score (nSPS) is 21.5. The Morgan fingerprint density at radius 2 is 1.88 bits per heavy atom. The summed E-state index contributed by atoms with van der Waals surface area (Å²) >= 11 is 0. The van der Waals surface area contributed by atoms with Crippen LogP contribution in [-0.2, 0) is 20.9 Å². The zero-order valence-corrected chi connectivity index (χ0v) is 18.3. The molecule has 0 aromatic heterocycles. The van der Waals surface area contributed by atoms with Crippen molar-refractivity contribution < 1.29 is 19.2 Å². The van der Waals surface area contributed by atoms with E-state index in [1.165, 1.54) is 0 Å². The molecule has 0 saturated carbocycles. The molecule has 3 heterocycles. The third-order valence-corrected chi connectivity index (χ3v) is 6.62. The standard InChI is InChI=1S/C23H31N5O4/c29-16-24-8-2-1-3-9-26-10-12-27(13-11-26)18-4-5-19-17(14-18)15-28(23(19)32)20-6-7-21(30)25-22(20)31/h4-5,14,16,20H,1-3,6-13,15H2,(H,24,29)(H,25,30,31). The number of carbonyl (C=O) groups is 4. The quantitative estimate of drug-likeness (QED) is 0.329. The molecule has 4 rings (SSSR count). The highest BCUT2D eigenvalue weighted by molar-refractivity contribution is 6.05. The first-order chi connectivity index (χ1) is 15.6. The maximum absolute atomic E-state index is 12.9. The summed E-state index contributed by atoms with van der Waals surface area (Å²) in [5.41, 5.74) is 2.71. The molecule has 9 heteroatoms. The van der Waals surface area contributed by atoms with Gasteiger partial charge in [-0.2, -0.15) is 0 Å². The number of piperidine rings is 1. The second kappa shape index (κ2) is 10.1. The number of nitrogens with zero attached hydrogens (tertiary/aromatic N) is 3. The fourth-order valence-electron chi connectivity index (χ4n) is 4.79. The van der Waals surface area contributed by atoms with Crippen molar-refractivity contribution in [3.8, 4) is 0 Å². The molecule has 1 aromatic rings. The Morgan fingerprint density at radius 1 is 1.06 bits per heavy atom. The van der Waals surface area contributed by atoms with Gasteiger partial charge in [0.15, 0.2) is 0 Å². The summed E-state index contributed by atoms with van der Waals surface area (Å²) in [7, 11) is 0. The Labute approximate surface area is 188 Å². The summed E-state index contributed by atoms with van der Waals surface area (Å²) in [6.45, 7) is 6.13. The molecule has 0 radical (unpaired) electrons. The summed E-state index contributed by atoms with van der Waals surface area (Å²) in [6, 6.07) is 5.38. The molecule has 0 bridgehead atoms. The van der Waals surface area contributed by atoms with E-state index in [9.17, 15) is 19.2 Å². The van der Waals surface area contributed by atoms with Crippen LogP contribution in [0.15, 0.2) is 18.2 Å². The van der Waals surface area contributed by atoms with E-state index in [1.54, 1.807) is 4.90 Å². The van der Waals surface area contributed by atoms with Crippen LogP contribution in [0.25, 0.3) is 0 Å². The highest BCUT2D eigenvalue weighted by Gasteiger charge is 2.39. The predicted molar refractivity (Wildman–Crippen MR) is 119 cm³/mol. The number of imide groups is 1. The van der Waals surface area contributed by atoms with Crippen LogP contribution in [0.2, 0.25) is 0 Å². The Morgan fingerprint density at radius 3 is 2.62 bits per heavy atom. The van der Waals surface area contributed by atoms with Crippen molar-refractivity contribution in [1.82, 2.24) is 20.4 Å². The molecular formula is C23H31N5O4. The van der Waals surface area contributed by atoms with E-state index in [1.807, 2.05) is 12.1 Å². The molecular weight excluding hydrogens is 410 g/mol. The number of fused-ring (bicyclic) bond motifs is 1. The topological polar surface area (TPSA) is 102 Å². The maximum atomic E-state index is 12.9. The molecule has 4 amide bonds. The van der Waals surface area contributed by atoms with Crippen LogP contribution in [0.1, 0.15) is 48.0 Å². The maximum Gasteiger partial charge on any atom is 0.255 e. The highest BCUT2D eigenvalue weighted by Crippen LogP contribution is 2.30. The van der Waals surface area contributed by atoms with E-state index in [2.05, 4.69) is 26.5 Å². The molecule has 1 atom stereocenters. The number of rotatable bonds is 9. The lowest BCUT2D eigenvalue weighted by atomic mass is 10.0. The number of hydrogen-bond donors (Lipinski definition) is 2. The van der Waals surface area contributed by atoms with Gasteiger partial charge in [0.25, 0.3) is 5.91 Å². The fraction of sp³-hybridized carbons (Fsp3) is 0.565. The van der Waals surface area contributed by atoms with Crippen LogP contribution in [-0.4, -0.2) is 79.2 Å². The smallest absolute Gasteiger partial charge is 0.255 e. The Bertz CT molecular complexity index is 881. The van der Waals surface area contributed by atoms with Gasteiger partial charge in [0.1, 0.15) is 6.04 Å². The van der Waals surface area contributed by atoms with Gasteiger partial charge in [-0.15, -0.1) is 0 Å². The van der Waals surface area contributed by atoms with Gasteiger partial charge < -0.3 is 15.1 Å². The first kappa shape index (κ1) is 22.3. The molecule has 2 saturated heterocycles. The number of carbonyl (C=O) groups excluding carboxylic acids is 4. The lowest BCUT2D eigenvalue weighted by molar-refractivity contribution is -0.136. The van der Waals surface area contributed by atoms with Crippen LogP contribution >= 0.6 is 0 Å². The monoisotopic (exact) mass is 441 g/mol. The van der Waals surface area contributed by atoms with Gasteiger partial charge in [0, 0.05) is 56.9 Å². The van der Waals surface area contributed by atoms with Crippen LogP contribution < -0.4 is 15.5 Å². The zero-order valence-electron chi connectivity index (χ0n) is 18.3. The van der Waals surface area contributed by atoms with Gasteiger partial charge in [0.2, 0.25) is 18.2 Å². The van der Waals surface area contributed by atoms with Crippen LogP contribution in [0.4, 0.5) is 5.69 Å². The van der Waals surface area contributed by atoms with Gasteiger partial charge in [0.05, 0.1) is 0 Å². The Kier molecular flexibility index (Phi) is 7.04. The average molecular weight is 442 g/mol. The molecule has 2 N–H and O–H groups in total. The van der Waals surface area contributed by atoms with Gasteiger partial charge in [-0.25, -0.2) is 0 Å². The second-order valence-corrected chi connectivity index (χ2v) is 8.70. The van der Waals surface area contributed by atoms with Crippen molar-refractivity contribution in [2.24, 2.45) is 0 Å².